The third-order valence-electron chi connectivity index (χ3n) is 4.69. The minimum atomic E-state index is -0.258. The third kappa shape index (κ3) is 6.50. The summed E-state index contributed by atoms with van der Waals surface area (Å²) < 4.78 is 16.5. The summed E-state index contributed by atoms with van der Waals surface area (Å²) in [4.78, 5) is 23.9. The lowest BCUT2D eigenvalue weighted by Crippen LogP contribution is -2.25. The van der Waals surface area contributed by atoms with Gasteiger partial charge < -0.3 is 24.8 Å². The van der Waals surface area contributed by atoms with Crippen LogP contribution in [0.5, 0.6) is 17.2 Å². The maximum absolute atomic E-state index is 12.5. The lowest BCUT2D eigenvalue weighted by molar-refractivity contribution is -0.122. The van der Waals surface area contributed by atoms with Crippen molar-refractivity contribution in [3.05, 3.63) is 89.5 Å². The van der Waals surface area contributed by atoms with E-state index in [0.717, 1.165) is 16.9 Å². The molecule has 0 aliphatic rings. The van der Waals surface area contributed by atoms with E-state index < -0.39 is 0 Å². The van der Waals surface area contributed by atoms with E-state index in [1.54, 1.807) is 18.2 Å². The van der Waals surface area contributed by atoms with Crippen molar-refractivity contribution in [1.82, 2.24) is 10.6 Å². The van der Waals surface area contributed by atoms with E-state index in [2.05, 4.69) is 10.6 Å². The van der Waals surface area contributed by atoms with Gasteiger partial charge in [0.05, 0.1) is 7.11 Å². The van der Waals surface area contributed by atoms with Gasteiger partial charge in [0.15, 0.2) is 18.1 Å². The Morgan fingerprint density at radius 3 is 2.25 bits per heavy atom. The molecule has 0 aliphatic heterocycles. The summed E-state index contributed by atoms with van der Waals surface area (Å²) in [5, 5.41) is 5.37. The van der Waals surface area contributed by atoms with Crippen molar-refractivity contribution < 1.29 is 23.8 Å². The smallest absolute Gasteiger partial charge is 0.257 e. The summed E-state index contributed by atoms with van der Waals surface area (Å²) in [7, 11) is 3.01. The molecule has 0 aromatic heterocycles. The van der Waals surface area contributed by atoms with Crippen LogP contribution in [0.25, 0.3) is 0 Å². The lowest BCUT2D eigenvalue weighted by Gasteiger charge is -2.12. The Morgan fingerprint density at radius 2 is 1.56 bits per heavy atom. The predicted molar refractivity (Wildman–Crippen MR) is 121 cm³/mol. The van der Waals surface area contributed by atoms with Crippen LogP contribution in [-0.2, 0) is 17.9 Å². The maximum atomic E-state index is 12.5. The Hall–Kier alpha value is -4.00. The summed E-state index contributed by atoms with van der Waals surface area (Å²) >= 11 is 0. The number of amides is 2. The van der Waals surface area contributed by atoms with Crippen molar-refractivity contribution >= 4 is 11.8 Å². The van der Waals surface area contributed by atoms with Crippen molar-refractivity contribution in [3.63, 3.8) is 0 Å². The molecule has 2 amide bonds. The molecule has 2 N–H and O–H groups in total. The van der Waals surface area contributed by atoms with Crippen molar-refractivity contribution in [1.29, 1.82) is 0 Å². The molecular weight excluding hydrogens is 408 g/mol. The van der Waals surface area contributed by atoms with E-state index >= 15 is 0 Å². The Bertz CT molecular complexity index is 1040. The predicted octanol–water partition coefficient (Wildman–Crippen LogP) is 3.33. The number of hydrogen-bond acceptors (Lipinski definition) is 5. The van der Waals surface area contributed by atoms with Gasteiger partial charge in [-0.1, -0.05) is 42.5 Å². The fourth-order valence-corrected chi connectivity index (χ4v) is 2.86. The first-order chi connectivity index (χ1) is 15.6. The molecule has 0 fully saturated rings. The van der Waals surface area contributed by atoms with Crippen molar-refractivity contribution in [2.24, 2.45) is 0 Å². The van der Waals surface area contributed by atoms with Gasteiger partial charge in [-0.15, -0.1) is 0 Å². The van der Waals surface area contributed by atoms with E-state index in [-0.39, 0.29) is 18.4 Å². The van der Waals surface area contributed by atoms with E-state index in [9.17, 15) is 9.59 Å². The molecule has 7 nitrogen and oxygen atoms in total. The normalized spacial score (nSPS) is 10.2. The molecule has 3 aromatic rings. The van der Waals surface area contributed by atoms with Gasteiger partial charge >= 0.3 is 0 Å². The fourth-order valence-electron chi connectivity index (χ4n) is 2.86. The molecule has 0 saturated heterocycles. The van der Waals surface area contributed by atoms with Gasteiger partial charge in [0, 0.05) is 19.2 Å². The van der Waals surface area contributed by atoms with Crippen molar-refractivity contribution in [2.75, 3.05) is 20.8 Å². The minimum absolute atomic E-state index is 0.134. The molecule has 0 heterocycles. The number of ether oxygens (including phenoxy) is 3. The van der Waals surface area contributed by atoms with E-state index in [4.69, 9.17) is 14.2 Å². The van der Waals surface area contributed by atoms with E-state index in [1.165, 1.54) is 14.2 Å². The number of likely N-dealkylation sites (N-methyl/N-ethyl adjacent to an activating group) is 1. The molecule has 32 heavy (non-hydrogen) atoms. The maximum Gasteiger partial charge on any atom is 0.257 e. The Kier molecular flexibility index (Phi) is 8.09. The van der Waals surface area contributed by atoms with Gasteiger partial charge in [-0.3, -0.25) is 9.59 Å². The lowest BCUT2D eigenvalue weighted by atomic mass is 10.1. The van der Waals surface area contributed by atoms with Gasteiger partial charge in [-0.2, -0.15) is 0 Å². The summed E-state index contributed by atoms with van der Waals surface area (Å²) in [5.41, 5.74) is 2.45. The highest BCUT2D eigenvalue weighted by Crippen LogP contribution is 2.28. The zero-order valence-electron chi connectivity index (χ0n) is 18.1. The molecule has 0 radical (unpaired) electrons. The molecule has 0 unspecified atom stereocenters. The molecule has 0 aliphatic carbocycles. The van der Waals surface area contributed by atoms with Gasteiger partial charge in [0.2, 0.25) is 0 Å². The van der Waals surface area contributed by atoms with Gasteiger partial charge in [-0.05, 0) is 41.5 Å². The molecule has 0 atom stereocenters. The van der Waals surface area contributed by atoms with Crippen LogP contribution < -0.4 is 24.8 Å². The topological polar surface area (TPSA) is 85.9 Å². The molecule has 166 valence electrons. The second kappa shape index (κ2) is 11.4. The first-order valence-corrected chi connectivity index (χ1v) is 10.1. The molecule has 7 heteroatoms. The highest BCUT2D eigenvalue weighted by molar-refractivity contribution is 5.94. The number of rotatable bonds is 10. The van der Waals surface area contributed by atoms with Crippen LogP contribution in [0.3, 0.4) is 0 Å². The van der Waals surface area contributed by atoms with Crippen LogP contribution in [0, 0.1) is 0 Å². The minimum Gasteiger partial charge on any atom is -0.493 e. The van der Waals surface area contributed by atoms with Gasteiger partial charge in [-0.25, -0.2) is 0 Å². The van der Waals surface area contributed by atoms with E-state index in [1.807, 2.05) is 54.6 Å². The number of nitrogens with one attached hydrogen (secondary N) is 2. The number of methoxy groups -OCH3 is 1. The van der Waals surface area contributed by atoms with Crippen LogP contribution in [0.2, 0.25) is 0 Å². The fraction of sp³-hybridized carbons (Fsp3) is 0.200. The second-order valence-corrected chi connectivity index (χ2v) is 6.93. The van der Waals surface area contributed by atoms with Crippen LogP contribution >= 0.6 is 0 Å². The standard InChI is InChI=1S/C25H26N2O5/c1-26-24(28)17-32-22-13-12-20(14-23(22)30-2)25(29)27-15-18-8-10-19(11-9-18)16-31-21-6-4-3-5-7-21/h3-14H,15-17H2,1-2H3,(H,26,28)(H,27,29). The van der Waals surface area contributed by atoms with E-state index in [0.29, 0.717) is 30.2 Å². The summed E-state index contributed by atoms with van der Waals surface area (Å²) in [6.07, 6.45) is 0. The monoisotopic (exact) mass is 434 g/mol. The summed E-state index contributed by atoms with van der Waals surface area (Å²) in [6.45, 7) is 0.728. The van der Waals surface area contributed by atoms with Crippen LogP contribution in [0.1, 0.15) is 21.5 Å². The summed E-state index contributed by atoms with van der Waals surface area (Å²) in [6, 6.07) is 22.3. The number of carbonyl (C=O) groups is 2. The molecule has 0 saturated carbocycles. The highest BCUT2D eigenvalue weighted by Gasteiger charge is 2.12. The quantitative estimate of drug-likeness (QED) is 0.511. The zero-order valence-corrected chi connectivity index (χ0v) is 18.1. The SMILES string of the molecule is CNC(=O)COc1ccc(C(=O)NCc2ccc(COc3ccccc3)cc2)cc1OC. The van der Waals surface area contributed by atoms with Crippen LogP contribution in [0.15, 0.2) is 72.8 Å². The van der Waals surface area contributed by atoms with Crippen molar-refractivity contribution in [3.8, 4) is 17.2 Å². The second-order valence-electron chi connectivity index (χ2n) is 6.93. The molecule has 3 aromatic carbocycles. The Labute approximate surface area is 187 Å². The summed E-state index contributed by atoms with van der Waals surface area (Å²) in [5.74, 6) is 1.10. The Morgan fingerprint density at radius 1 is 0.844 bits per heavy atom. The molecule has 0 bridgehead atoms. The largest absolute Gasteiger partial charge is 0.493 e. The number of carbonyl (C=O) groups excluding carboxylic acids is 2. The first kappa shape index (κ1) is 22.7. The third-order valence-corrected chi connectivity index (χ3v) is 4.69. The Balaban J connectivity index is 1.52. The number of para-hydroxylation sites is 1. The van der Waals surface area contributed by atoms with Crippen LogP contribution in [0.4, 0.5) is 0 Å². The highest BCUT2D eigenvalue weighted by atomic mass is 16.5. The zero-order chi connectivity index (χ0) is 22.8. The first-order valence-electron chi connectivity index (χ1n) is 10.1. The number of benzene rings is 3. The molecular formula is C25H26N2O5. The van der Waals surface area contributed by atoms with Crippen molar-refractivity contribution in [2.45, 2.75) is 13.2 Å². The molecule has 0 spiro atoms. The number of hydrogen-bond donors (Lipinski definition) is 2. The molecule has 3 rings (SSSR count). The van der Waals surface area contributed by atoms with Crippen LogP contribution in [-0.4, -0.2) is 32.6 Å². The van der Waals surface area contributed by atoms with Gasteiger partial charge in [0.1, 0.15) is 12.4 Å². The average molecular weight is 434 g/mol. The van der Waals surface area contributed by atoms with Gasteiger partial charge in [0.25, 0.3) is 11.8 Å². The average Bonchev–Trinajstić information content (AvgIpc) is 2.85.